The normalized spacial score (nSPS) is 22.5. The molecule has 2 aliphatic rings. The summed E-state index contributed by atoms with van der Waals surface area (Å²) in [6, 6.07) is 3.56. The Morgan fingerprint density at radius 1 is 1.15 bits per heavy atom. The Morgan fingerprint density at radius 3 is 2.80 bits per heavy atom. The average Bonchev–Trinajstić information content (AvgIpc) is 3.30. The van der Waals surface area contributed by atoms with E-state index in [-0.39, 0.29) is 6.10 Å². The van der Waals surface area contributed by atoms with Crippen molar-refractivity contribution in [3.05, 3.63) is 12.1 Å². The van der Waals surface area contributed by atoms with Gasteiger partial charge in [-0.2, -0.15) is 4.98 Å². The number of pyridine rings is 1. The molecule has 5 nitrogen and oxygen atoms in total. The summed E-state index contributed by atoms with van der Waals surface area (Å²) in [5.74, 6) is 1.72. The second kappa shape index (κ2) is 6.31. The summed E-state index contributed by atoms with van der Waals surface area (Å²) in [6.45, 7) is 2.07. The first-order valence-electron chi connectivity index (χ1n) is 7.45. The molecular formula is C15H22N2O3. The molecule has 0 bridgehead atoms. The molecule has 5 heteroatoms. The van der Waals surface area contributed by atoms with Gasteiger partial charge in [-0.3, -0.25) is 0 Å². The molecule has 0 radical (unpaired) electrons. The summed E-state index contributed by atoms with van der Waals surface area (Å²) in [7, 11) is 0. The van der Waals surface area contributed by atoms with E-state index in [2.05, 4.69) is 4.98 Å². The van der Waals surface area contributed by atoms with E-state index in [9.17, 15) is 0 Å². The van der Waals surface area contributed by atoms with Crippen molar-refractivity contribution in [3.8, 4) is 11.8 Å². The van der Waals surface area contributed by atoms with Gasteiger partial charge in [-0.1, -0.05) is 0 Å². The van der Waals surface area contributed by atoms with Gasteiger partial charge in [-0.05, 0) is 44.1 Å². The minimum atomic E-state index is 0.180. The van der Waals surface area contributed by atoms with Crippen LogP contribution in [0.4, 0.5) is 5.69 Å². The number of hydrogen-bond acceptors (Lipinski definition) is 5. The fraction of sp³-hybridized carbons (Fsp3) is 0.667. The van der Waals surface area contributed by atoms with Crippen molar-refractivity contribution in [2.45, 2.75) is 38.2 Å². The minimum absolute atomic E-state index is 0.180. The molecule has 110 valence electrons. The van der Waals surface area contributed by atoms with Crippen molar-refractivity contribution in [3.63, 3.8) is 0 Å². The molecule has 20 heavy (non-hydrogen) atoms. The smallest absolute Gasteiger partial charge is 0.240 e. The molecule has 2 N–H and O–H groups in total. The lowest BCUT2D eigenvalue weighted by molar-refractivity contribution is -0.0120. The molecule has 1 aromatic heterocycles. The molecule has 2 fully saturated rings. The van der Waals surface area contributed by atoms with Crippen LogP contribution in [0.25, 0.3) is 0 Å². The fourth-order valence-electron chi connectivity index (χ4n) is 2.23. The number of nitrogen functional groups attached to an aromatic ring is 1. The highest BCUT2D eigenvalue weighted by molar-refractivity contribution is 5.49. The van der Waals surface area contributed by atoms with Crippen LogP contribution in [0.15, 0.2) is 12.1 Å². The Bertz CT molecular complexity index is 443. The van der Waals surface area contributed by atoms with E-state index in [1.165, 1.54) is 19.3 Å². The number of hydrogen-bond donors (Lipinski definition) is 1. The molecule has 1 aliphatic carbocycles. The van der Waals surface area contributed by atoms with E-state index in [0.717, 1.165) is 19.4 Å². The van der Waals surface area contributed by atoms with Gasteiger partial charge in [0.25, 0.3) is 0 Å². The van der Waals surface area contributed by atoms with Crippen molar-refractivity contribution in [2.24, 2.45) is 5.92 Å². The molecule has 1 saturated heterocycles. The van der Waals surface area contributed by atoms with Gasteiger partial charge in [0, 0.05) is 12.7 Å². The van der Waals surface area contributed by atoms with Crippen LogP contribution < -0.4 is 15.2 Å². The van der Waals surface area contributed by atoms with E-state index < -0.39 is 0 Å². The molecule has 0 spiro atoms. The summed E-state index contributed by atoms with van der Waals surface area (Å²) >= 11 is 0. The van der Waals surface area contributed by atoms with Crippen LogP contribution in [0.5, 0.6) is 11.8 Å². The second-order valence-corrected chi connectivity index (χ2v) is 5.60. The number of anilines is 1. The Kier molecular flexibility index (Phi) is 4.25. The maximum atomic E-state index is 5.87. The van der Waals surface area contributed by atoms with Gasteiger partial charge < -0.3 is 19.9 Å². The van der Waals surface area contributed by atoms with Gasteiger partial charge in [0.05, 0.1) is 18.4 Å². The van der Waals surface area contributed by atoms with E-state index >= 15 is 0 Å². The number of ether oxygens (including phenoxy) is 3. The van der Waals surface area contributed by atoms with E-state index in [1.54, 1.807) is 12.1 Å². The fourth-order valence-corrected chi connectivity index (χ4v) is 2.23. The molecule has 0 aromatic carbocycles. The van der Waals surface area contributed by atoms with Crippen molar-refractivity contribution in [1.82, 2.24) is 4.98 Å². The van der Waals surface area contributed by atoms with Crippen molar-refractivity contribution in [2.75, 3.05) is 25.6 Å². The Morgan fingerprint density at radius 2 is 2.05 bits per heavy atom. The van der Waals surface area contributed by atoms with Gasteiger partial charge in [0.15, 0.2) is 0 Å². The van der Waals surface area contributed by atoms with E-state index in [4.69, 9.17) is 19.9 Å². The second-order valence-electron chi connectivity index (χ2n) is 5.60. The minimum Gasteiger partial charge on any atom is -0.476 e. The average molecular weight is 278 g/mol. The summed E-state index contributed by atoms with van der Waals surface area (Å²) in [5.41, 5.74) is 6.43. The Balaban J connectivity index is 1.53. The summed E-state index contributed by atoms with van der Waals surface area (Å²) in [6.07, 6.45) is 6.08. The molecule has 2 heterocycles. The first kappa shape index (κ1) is 13.5. The van der Waals surface area contributed by atoms with Crippen LogP contribution in [0, 0.1) is 5.92 Å². The van der Waals surface area contributed by atoms with Gasteiger partial charge in [0.2, 0.25) is 11.8 Å². The third-order valence-corrected chi connectivity index (χ3v) is 3.71. The standard InChI is InChI=1S/C15H22N2O3/c16-13-6-7-14(17-15(13)20-9-11-4-5-11)19-10-12-3-1-2-8-18-12/h6-7,11-12H,1-5,8-10,16H2. The van der Waals surface area contributed by atoms with Crippen molar-refractivity contribution in [1.29, 1.82) is 0 Å². The Hall–Kier alpha value is -1.49. The zero-order chi connectivity index (χ0) is 13.8. The van der Waals surface area contributed by atoms with E-state index in [0.29, 0.717) is 36.6 Å². The predicted molar refractivity (Wildman–Crippen MR) is 76.0 cm³/mol. The van der Waals surface area contributed by atoms with Gasteiger partial charge >= 0.3 is 0 Å². The van der Waals surface area contributed by atoms with Crippen molar-refractivity contribution >= 4 is 5.69 Å². The van der Waals surface area contributed by atoms with Gasteiger partial charge in [0.1, 0.15) is 6.61 Å². The third-order valence-electron chi connectivity index (χ3n) is 3.71. The van der Waals surface area contributed by atoms with Crippen LogP contribution in [0.2, 0.25) is 0 Å². The van der Waals surface area contributed by atoms with Crippen LogP contribution in [-0.2, 0) is 4.74 Å². The summed E-state index contributed by atoms with van der Waals surface area (Å²) in [4.78, 5) is 4.33. The lowest BCUT2D eigenvalue weighted by Crippen LogP contribution is -2.26. The number of rotatable bonds is 6. The summed E-state index contributed by atoms with van der Waals surface area (Å²) < 4.78 is 17.0. The molecule has 1 aromatic rings. The van der Waals surface area contributed by atoms with Crippen LogP contribution in [-0.4, -0.2) is 30.9 Å². The molecule has 1 saturated carbocycles. The highest BCUT2D eigenvalue weighted by Crippen LogP contribution is 2.31. The number of nitrogens with zero attached hydrogens (tertiary/aromatic N) is 1. The summed E-state index contributed by atoms with van der Waals surface area (Å²) in [5, 5.41) is 0. The van der Waals surface area contributed by atoms with Crippen LogP contribution in [0.1, 0.15) is 32.1 Å². The van der Waals surface area contributed by atoms with Gasteiger partial charge in [-0.15, -0.1) is 0 Å². The number of aromatic nitrogens is 1. The molecule has 0 amide bonds. The topological polar surface area (TPSA) is 66.6 Å². The monoisotopic (exact) mass is 278 g/mol. The molecule has 1 aliphatic heterocycles. The largest absolute Gasteiger partial charge is 0.476 e. The highest BCUT2D eigenvalue weighted by Gasteiger charge is 2.22. The van der Waals surface area contributed by atoms with Gasteiger partial charge in [-0.25, -0.2) is 0 Å². The predicted octanol–water partition coefficient (Wildman–Crippen LogP) is 2.40. The van der Waals surface area contributed by atoms with Crippen molar-refractivity contribution < 1.29 is 14.2 Å². The zero-order valence-electron chi connectivity index (χ0n) is 11.7. The third kappa shape index (κ3) is 3.76. The van der Waals surface area contributed by atoms with E-state index in [1.807, 2.05) is 0 Å². The zero-order valence-corrected chi connectivity index (χ0v) is 11.7. The van der Waals surface area contributed by atoms with Crippen LogP contribution >= 0.6 is 0 Å². The number of nitrogens with two attached hydrogens (primary N) is 1. The first-order valence-corrected chi connectivity index (χ1v) is 7.45. The molecule has 1 atom stereocenters. The highest BCUT2D eigenvalue weighted by atomic mass is 16.5. The lowest BCUT2D eigenvalue weighted by atomic mass is 10.1. The first-order chi connectivity index (χ1) is 9.81. The molecule has 1 unspecified atom stereocenters. The Labute approximate surface area is 119 Å². The maximum Gasteiger partial charge on any atom is 0.240 e. The maximum absolute atomic E-state index is 5.87. The SMILES string of the molecule is Nc1ccc(OCC2CCCCO2)nc1OCC1CC1. The molecular weight excluding hydrogens is 256 g/mol. The van der Waals surface area contributed by atoms with Crippen LogP contribution in [0.3, 0.4) is 0 Å². The quantitative estimate of drug-likeness (QED) is 0.865. The molecule has 3 rings (SSSR count). The lowest BCUT2D eigenvalue weighted by Gasteiger charge is -2.22.